The molecule has 3 rings (SSSR count). The van der Waals surface area contributed by atoms with Crippen LogP contribution in [-0.4, -0.2) is 34.3 Å². The Labute approximate surface area is 135 Å². The van der Waals surface area contributed by atoms with Crippen molar-refractivity contribution in [2.24, 2.45) is 0 Å². The summed E-state index contributed by atoms with van der Waals surface area (Å²) in [6.45, 7) is 4.09. The van der Waals surface area contributed by atoms with Crippen LogP contribution in [0, 0.1) is 0 Å². The van der Waals surface area contributed by atoms with Gasteiger partial charge in [0, 0.05) is 22.4 Å². The summed E-state index contributed by atoms with van der Waals surface area (Å²) in [5.41, 5.74) is 0. The standard InChI is InChI=1S/C16H22N4OS/c1-2-13-5-6-14(22-13)9-17-15-8-16(19-11-18-15)20-7-3-4-12(20)10-21/h5-6,8,11-12,21H,2-4,7,9-10H2,1H3,(H,17,18,19). The SMILES string of the molecule is CCc1ccc(CNc2cc(N3CCCC3CO)ncn2)s1. The maximum absolute atomic E-state index is 9.45. The van der Waals surface area contributed by atoms with E-state index in [2.05, 4.69) is 39.2 Å². The average Bonchev–Trinajstić information content (AvgIpc) is 3.22. The Bertz CT molecular complexity index is 616. The lowest BCUT2D eigenvalue weighted by molar-refractivity contribution is 0.266. The van der Waals surface area contributed by atoms with E-state index >= 15 is 0 Å². The summed E-state index contributed by atoms with van der Waals surface area (Å²) in [7, 11) is 0. The zero-order chi connectivity index (χ0) is 15.4. The van der Waals surface area contributed by atoms with Gasteiger partial charge >= 0.3 is 0 Å². The van der Waals surface area contributed by atoms with Gasteiger partial charge < -0.3 is 15.3 Å². The molecule has 3 heterocycles. The Kier molecular flexibility index (Phi) is 4.90. The van der Waals surface area contributed by atoms with Gasteiger partial charge in [0.25, 0.3) is 0 Å². The van der Waals surface area contributed by atoms with E-state index in [-0.39, 0.29) is 12.6 Å². The van der Waals surface area contributed by atoms with E-state index in [1.165, 1.54) is 9.75 Å². The van der Waals surface area contributed by atoms with Crippen LogP contribution >= 0.6 is 11.3 Å². The van der Waals surface area contributed by atoms with E-state index in [9.17, 15) is 5.11 Å². The third-order valence-corrected chi connectivity index (χ3v) is 5.27. The van der Waals surface area contributed by atoms with Gasteiger partial charge in [-0.25, -0.2) is 9.97 Å². The molecule has 1 unspecified atom stereocenters. The molecule has 1 atom stereocenters. The average molecular weight is 318 g/mol. The van der Waals surface area contributed by atoms with Crippen molar-refractivity contribution in [1.82, 2.24) is 9.97 Å². The lowest BCUT2D eigenvalue weighted by atomic mass is 10.2. The fourth-order valence-electron chi connectivity index (χ4n) is 2.81. The van der Waals surface area contributed by atoms with Crippen molar-refractivity contribution < 1.29 is 5.11 Å². The van der Waals surface area contributed by atoms with Gasteiger partial charge in [0.15, 0.2) is 0 Å². The monoisotopic (exact) mass is 318 g/mol. The first-order chi connectivity index (χ1) is 10.8. The number of aliphatic hydroxyl groups is 1. The van der Waals surface area contributed by atoms with Crippen LogP contribution in [0.4, 0.5) is 11.6 Å². The van der Waals surface area contributed by atoms with Crippen LogP contribution < -0.4 is 10.2 Å². The number of hydrogen-bond donors (Lipinski definition) is 2. The highest BCUT2D eigenvalue weighted by atomic mass is 32.1. The van der Waals surface area contributed by atoms with Crippen molar-refractivity contribution in [3.63, 3.8) is 0 Å². The van der Waals surface area contributed by atoms with Crippen molar-refractivity contribution in [3.8, 4) is 0 Å². The van der Waals surface area contributed by atoms with Crippen molar-refractivity contribution in [3.05, 3.63) is 34.3 Å². The number of aliphatic hydroxyl groups excluding tert-OH is 1. The van der Waals surface area contributed by atoms with E-state index in [0.717, 1.165) is 44.0 Å². The Morgan fingerprint density at radius 2 is 2.23 bits per heavy atom. The molecule has 1 aliphatic heterocycles. The predicted octanol–water partition coefficient (Wildman–Crippen LogP) is 2.67. The van der Waals surface area contributed by atoms with Gasteiger partial charge in [-0.15, -0.1) is 11.3 Å². The molecule has 1 saturated heterocycles. The first-order valence-corrected chi connectivity index (χ1v) is 8.62. The smallest absolute Gasteiger partial charge is 0.134 e. The summed E-state index contributed by atoms with van der Waals surface area (Å²) in [5.74, 6) is 1.73. The Balaban J connectivity index is 1.66. The quantitative estimate of drug-likeness (QED) is 0.857. The maximum atomic E-state index is 9.45. The van der Waals surface area contributed by atoms with Crippen LogP contribution in [0.2, 0.25) is 0 Å². The molecule has 118 valence electrons. The molecule has 0 radical (unpaired) electrons. The number of aryl methyl sites for hydroxylation is 1. The second-order valence-electron chi connectivity index (χ2n) is 5.51. The summed E-state index contributed by atoms with van der Waals surface area (Å²) in [6, 6.07) is 6.51. The molecule has 0 amide bonds. The van der Waals surface area contributed by atoms with Crippen molar-refractivity contribution in [2.75, 3.05) is 23.4 Å². The molecule has 1 fully saturated rings. The molecule has 0 aliphatic carbocycles. The molecular formula is C16H22N4OS. The third-order valence-electron chi connectivity index (χ3n) is 4.04. The van der Waals surface area contributed by atoms with Crippen LogP contribution in [0.1, 0.15) is 29.5 Å². The number of nitrogens with one attached hydrogen (secondary N) is 1. The maximum Gasteiger partial charge on any atom is 0.134 e. The van der Waals surface area contributed by atoms with Crippen LogP contribution in [0.25, 0.3) is 0 Å². The summed E-state index contributed by atoms with van der Waals surface area (Å²) in [5, 5.41) is 12.8. The van der Waals surface area contributed by atoms with Gasteiger partial charge in [-0.2, -0.15) is 0 Å². The summed E-state index contributed by atoms with van der Waals surface area (Å²) >= 11 is 1.84. The Morgan fingerprint density at radius 1 is 1.36 bits per heavy atom. The van der Waals surface area contributed by atoms with E-state index < -0.39 is 0 Å². The molecule has 0 saturated carbocycles. The molecule has 2 N–H and O–H groups in total. The Hall–Kier alpha value is -1.66. The van der Waals surface area contributed by atoms with Crippen LogP contribution in [0.3, 0.4) is 0 Å². The lowest BCUT2D eigenvalue weighted by Gasteiger charge is -2.24. The van der Waals surface area contributed by atoms with E-state index in [1.807, 2.05) is 17.4 Å². The molecule has 6 heteroatoms. The van der Waals surface area contributed by atoms with Crippen LogP contribution in [0.15, 0.2) is 24.5 Å². The molecule has 0 spiro atoms. The van der Waals surface area contributed by atoms with Gasteiger partial charge in [0.2, 0.25) is 0 Å². The van der Waals surface area contributed by atoms with Gasteiger partial charge in [-0.3, -0.25) is 0 Å². The van der Waals surface area contributed by atoms with Gasteiger partial charge in [0.1, 0.15) is 18.0 Å². The van der Waals surface area contributed by atoms with E-state index in [4.69, 9.17) is 0 Å². The summed E-state index contributed by atoms with van der Waals surface area (Å²) < 4.78 is 0. The third kappa shape index (κ3) is 3.39. The number of anilines is 2. The zero-order valence-electron chi connectivity index (χ0n) is 12.8. The van der Waals surface area contributed by atoms with Crippen LogP contribution in [-0.2, 0) is 13.0 Å². The van der Waals surface area contributed by atoms with Crippen LogP contribution in [0.5, 0.6) is 0 Å². The molecule has 2 aromatic heterocycles. The summed E-state index contributed by atoms with van der Waals surface area (Å²) in [4.78, 5) is 13.5. The van der Waals surface area contributed by atoms with Crippen molar-refractivity contribution in [2.45, 2.75) is 38.8 Å². The normalized spacial score (nSPS) is 17.9. The molecular weight excluding hydrogens is 296 g/mol. The summed E-state index contributed by atoms with van der Waals surface area (Å²) in [6.07, 6.45) is 4.81. The number of nitrogens with zero attached hydrogens (tertiary/aromatic N) is 3. The molecule has 22 heavy (non-hydrogen) atoms. The van der Waals surface area contributed by atoms with E-state index in [1.54, 1.807) is 6.33 Å². The topological polar surface area (TPSA) is 61.3 Å². The highest BCUT2D eigenvalue weighted by Crippen LogP contribution is 2.25. The van der Waals surface area contributed by atoms with Gasteiger partial charge in [-0.05, 0) is 31.4 Å². The largest absolute Gasteiger partial charge is 0.394 e. The number of thiophene rings is 1. The number of hydrogen-bond acceptors (Lipinski definition) is 6. The minimum Gasteiger partial charge on any atom is -0.394 e. The fraction of sp³-hybridized carbons (Fsp3) is 0.500. The highest BCUT2D eigenvalue weighted by Gasteiger charge is 2.25. The zero-order valence-corrected chi connectivity index (χ0v) is 13.6. The molecule has 0 bridgehead atoms. The number of aromatic nitrogens is 2. The lowest BCUT2D eigenvalue weighted by Crippen LogP contribution is -2.32. The molecule has 0 aromatic carbocycles. The fourth-order valence-corrected chi connectivity index (χ4v) is 3.71. The van der Waals surface area contributed by atoms with Crippen molar-refractivity contribution >= 4 is 23.0 Å². The highest BCUT2D eigenvalue weighted by molar-refractivity contribution is 7.12. The first-order valence-electron chi connectivity index (χ1n) is 7.81. The van der Waals surface area contributed by atoms with E-state index in [0.29, 0.717) is 0 Å². The second-order valence-corrected chi connectivity index (χ2v) is 6.76. The number of rotatable bonds is 6. The predicted molar refractivity (Wildman–Crippen MR) is 90.5 cm³/mol. The Morgan fingerprint density at radius 3 is 3.00 bits per heavy atom. The van der Waals surface area contributed by atoms with Gasteiger partial charge in [-0.1, -0.05) is 6.92 Å². The first kappa shape index (κ1) is 15.2. The molecule has 2 aromatic rings. The van der Waals surface area contributed by atoms with Crippen molar-refractivity contribution in [1.29, 1.82) is 0 Å². The van der Waals surface area contributed by atoms with Gasteiger partial charge in [0.05, 0.1) is 19.2 Å². The second kappa shape index (κ2) is 7.07. The minimum absolute atomic E-state index is 0.182. The molecule has 1 aliphatic rings. The molecule has 5 nitrogen and oxygen atoms in total. The minimum atomic E-state index is 0.182.